The van der Waals surface area contributed by atoms with Crippen LogP contribution >= 0.6 is 11.8 Å². The molecule has 0 bridgehead atoms. The third-order valence-electron chi connectivity index (χ3n) is 7.27. The number of halogens is 3. The molecule has 47 heavy (non-hydrogen) atoms. The number of amides is 2. The van der Waals surface area contributed by atoms with Crippen molar-refractivity contribution in [3.05, 3.63) is 66.5 Å². The molecule has 0 radical (unpaired) electrons. The highest BCUT2D eigenvalue weighted by Crippen LogP contribution is 2.39. The SMILES string of the molecule is COc1cc2ncnc(Sc3cccc(NC(=O)Nc4ccc(OC)c(C(F)(F)F)c4)c3)c2cc1OCCCN1CCS(=O)(=O)CC1. The van der Waals surface area contributed by atoms with Crippen molar-refractivity contribution in [2.75, 3.05) is 62.6 Å². The number of benzene rings is 3. The van der Waals surface area contributed by atoms with E-state index in [1.165, 1.54) is 31.3 Å². The summed E-state index contributed by atoms with van der Waals surface area (Å²) in [7, 11) is -0.253. The summed E-state index contributed by atoms with van der Waals surface area (Å²) < 4.78 is 79.9. The zero-order valence-electron chi connectivity index (χ0n) is 25.5. The van der Waals surface area contributed by atoms with Gasteiger partial charge in [-0.25, -0.2) is 23.2 Å². The molecule has 2 N–H and O–H groups in total. The first-order valence-electron chi connectivity index (χ1n) is 14.4. The van der Waals surface area contributed by atoms with Crippen molar-refractivity contribution in [3.8, 4) is 17.2 Å². The third kappa shape index (κ3) is 8.96. The molecule has 0 atom stereocenters. The van der Waals surface area contributed by atoms with Crippen molar-refractivity contribution in [2.24, 2.45) is 0 Å². The summed E-state index contributed by atoms with van der Waals surface area (Å²) in [4.78, 5) is 24.3. The minimum absolute atomic E-state index is 0.0518. The van der Waals surface area contributed by atoms with Crippen molar-refractivity contribution in [3.63, 3.8) is 0 Å². The van der Waals surface area contributed by atoms with Gasteiger partial charge >= 0.3 is 12.2 Å². The average molecular weight is 692 g/mol. The fourth-order valence-electron chi connectivity index (χ4n) is 4.89. The topological polar surface area (TPSA) is 132 Å². The number of nitrogens with zero attached hydrogens (tertiary/aromatic N) is 3. The number of fused-ring (bicyclic) bond motifs is 1. The fraction of sp³-hybridized carbons (Fsp3) is 0.323. The molecule has 5 rings (SSSR count). The van der Waals surface area contributed by atoms with Crippen LogP contribution in [0.4, 0.5) is 29.3 Å². The van der Waals surface area contributed by atoms with Crippen LogP contribution in [0.15, 0.2) is 70.8 Å². The zero-order chi connectivity index (χ0) is 33.6. The highest BCUT2D eigenvalue weighted by atomic mass is 32.2. The van der Waals surface area contributed by atoms with Crippen molar-refractivity contribution in [2.45, 2.75) is 22.5 Å². The Morgan fingerprint density at radius 1 is 0.936 bits per heavy atom. The van der Waals surface area contributed by atoms with E-state index < -0.39 is 27.6 Å². The van der Waals surface area contributed by atoms with Gasteiger partial charge in [0, 0.05) is 47.4 Å². The molecule has 0 spiro atoms. The van der Waals surface area contributed by atoms with Gasteiger partial charge < -0.3 is 29.7 Å². The summed E-state index contributed by atoms with van der Waals surface area (Å²) in [5.74, 6) is 1.02. The number of sulfone groups is 1. The molecule has 0 saturated carbocycles. The van der Waals surface area contributed by atoms with E-state index in [0.29, 0.717) is 65.8 Å². The second-order valence-electron chi connectivity index (χ2n) is 10.5. The van der Waals surface area contributed by atoms with Gasteiger partial charge in [-0.2, -0.15) is 13.2 Å². The van der Waals surface area contributed by atoms with E-state index >= 15 is 0 Å². The van der Waals surface area contributed by atoms with E-state index in [2.05, 4.69) is 25.5 Å². The van der Waals surface area contributed by atoms with Crippen LogP contribution in [0, 0.1) is 0 Å². The Balaban J connectivity index is 1.25. The first kappa shape index (κ1) is 34.1. The van der Waals surface area contributed by atoms with E-state index in [-0.39, 0.29) is 22.9 Å². The summed E-state index contributed by atoms with van der Waals surface area (Å²) in [5, 5.41) is 6.40. The number of aromatic nitrogens is 2. The Hall–Kier alpha value is -4.28. The van der Waals surface area contributed by atoms with Gasteiger partial charge in [0.15, 0.2) is 21.3 Å². The van der Waals surface area contributed by atoms with Crippen LogP contribution in [0.5, 0.6) is 17.2 Å². The largest absolute Gasteiger partial charge is 0.496 e. The van der Waals surface area contributed by atoms with Crippen LogP contribution in [0.2, 0.25) is 0 Å². The van der Waals surface area contributed by atoms with Crippen LogP contribution in [-0.4, -0.2) is 81.3 Å². The molecule has 11 nitrogen and oxygen atoms in total. The molecule has 4 aromatic rings. The van der Waals surface area contributed by atoms with Gasteiger partial charge in [-0.15, -0.1) is 0 Å². The van der Waals surface area contributed by atoms with Gasteiger partial charge in [0.05, 0.1) is 43.4 Å². The first-order valence-corrected chi connectivity index (χ1v) is 17.1. The molecule has 1 aliphatic heterocycles. The highest BCUT2D eigenvalue weighted by molar-refractivity contribution is 7.99. The molecule has 1 aliphatic rings. The monoisotopic (exact) mass is 691 g/mol. The first-order chi connectivity index (χ1) is 22.4. The molecule has 0 aliphatic carbocycles. The molecule has 2 heterocycles. The van der Waals surface area contributed by atoms with Crippen molar-refractivity contribution in [1.82, 2.24) is 14.9 Å². The van der Waals surface area contributed by atoms with Gasteiger partial charge in [0.1, 0.15) is 17.1 Å². The Bertz CT molecular complexity index is 1850. The number of alkyl halides is 3. The highest BCUT2D eigenvalue weighted by Gasteiger charge is 2.34. The second-order valence-corrected chi connectivity index (χ2v) is 13.9. The summed E-state index contributed by atoms with van der Waals surface area (Å²) >= 11 is 1.33. The summed E-state index contributed by atoms with van der Waals surface area (Å²) in [6.07, 6.45) is -2.53. The Morgan fingerprint density at radius 2 is 1.66 bits per heavy atom. The smallest absolute Gasteiger partial charge is 0.420 e. The Morgan fingerprint density at radius 3 is 2.36 bits per heavy atom. The van der Waals surface area contributed by atoms with Crippen LogP contribution in [0.1, 0.15) is 12.0 Å². The minimum Gasteiger partial charge on any atom is -0.496 e. The Labute approximate surface area is 273 Å². The lowest BCUT2D eigenvalue weighted by Gasteiger charge is -2.26. The lowest BCUT2D eigenvalue weighted by Crippen LogP contribution is -2.40. The normalized spacial score (nSPS) is 14.8. The second kappa shape index (κ2) is 14.6. The number of hydrogen-bond donors (Lipinski definition) is 2. The van der Waals surface area contributed by atoms with E-state index in [4.69, 9.17) is 14.2 Å². The maximum Gasteiger partial charge on any atom is 0.420 e. The van der Waals surface area contributed by atoms with Crippen molar-refractivity contribution in [1.29, 1.82) is 0 Å². The Kier molecular flexibility index (Phi) is 10.6. The molecule has 16 heteroatoms. The van der Waals surface area contributed by atoms with Gasteiger partial charge in [-0.1, -0.05) is 17.8 Å². The van der Waals surface area contributed by atoms with Gasteiger partial charge in [-0.3, -0.25) is 0 Å². The number of urea groups is 1. The molecule has 0 unspecified atom stereocenters. The average Bonchev–Trinajstić information content (AvgIpc) is 3.03. The molecular formula is C31H32F3N5O6S2. The number of carbonyl (C=O) groups excluding carboxylic acids is 1. The molecule has 250 valence electrons. The van der Waals surface area contributed by atoms with Gasteiger partial charge in [0.2, 0.25) is 0 Å². The summed E-state index contributed by atoms with van der Waals surface area (Å²) in [6.45, 7) is 2.15. The van der Waals surface area contributed by atoms with E-state index in [1.807, 2.05) is 12.1 Å². The van der Waals surface area contributed by atoms with Gasteiger partial charge in [-0.05, 0) is 48.9 Å². The molecule has 1 fully saturated rings. The number of hydrogen-bond acceptors (Lipinski definition) is 10. The number of anilines is 2. The quantitative estimate of drug-likeness (QED) is 0.144. The van der Waals surface area contributed by atoms with E-state index in [1.54, 1.807) is 24.3 Å². The lowest BCUT2D eigenvalue weighted by molar-refractivity contribution is -0.138. The van der Waals surface area contributed by atoms with Crippen molar-refractivity contribution < 1.29 is 40.6 Å². The number of ether oxygens (including phenoxy) is 3. The minimum atomic E-state index is -4.66. The number of nitrogens with one attached hydrogen (secondary N) is 2. The number of rotatable bonds is 11. The van der Waals surface area contributed by atoms with E-state index in [9.17, 15) is 26.4 Å². The maximum absolute atomic E-state index is 13.4. The van der Waals surface area contributed by atoms with Crippen LogP contribution in [0.3, 0.4) is 0 Å². The molecular weight excluding hydrogens is 659 g/mol. The van der Waals surface area contributed by atoms with Crippen LogP contribution < -0.4 is 24.8 Å². The number of methoxy groups -OCH3 is 2. The van der Waals surface area contributed by atoms with Gasteiger partial charge in [0.25, 0.3) is 0 Å². The van der Waals surface area contributed by atoms with E-state index in [0.717, 1.165) is 24.1 Å². The number of carbonyl (C=O) groups is 1. The molecule has 2 amide bonds. The maximum atomic E-state index is 13.4. The predicted octanol–water partition coefficient (Wildman–Crippen LogP) is 5.96. The van der Waals surface area contributed by atoms with Crippen LogP contribution in [-0.2, 0) is 16.0 Å². The molecule has 3 aromatic carbocycles. The zero-order valence-corrected chi connectivity index (χ0v) is 27.1. The lowest BCUT2D eigenvalue weighted by atomic mass is 10.1. The standard InChI is InChI=1S/C31H32F3N5O6S2/c1-43-26-8-7-21(16-24(26)31(32,33)34)38-30(40)37-20-5-3-6-22(15-20)46-29-23-17-28(27(44-2)18-25(23)35-19-36-29)45-12-4-9-39-10-13-47(41,42)14-11-39/h3,5-8,15-19H,4,9-14H2,1-2H3,(H2,37,38,40). The molecule has 1 saturated heterocycles. The summed E-state index contributed by atoms with van der Waals surface area (Å²) in [6, 6.07) is 13.0. The van der Waals surface area contributed by atoms with Crippen molar-refractivity contribution >= 4 is 49.9 Å². The summed E-state index contributed by atoms with van der Waals surface area (Å²) in [5.41, 5.74) is -0.0135. The fourth-order valence-corrected chi connectivity index (χ4v) is 7.09. The van der Waals surface area contributed by atoms with Crippen LogP contribution in [0.25, 0.3) is 10.9 Å². The predicted molar refractivity (Wildman–Crippen MR) is 172 cm³/mol. The molecule has 1 aromatic heterocycles. The third-order valence-corrected chi connectivity index (χ3v) is 9.88.